The SMILES string of the molecule is COc1ccc2c(c1)C(=O)NC1(CC2)CCN(Cc2ccccn2)C1. The van der Waals surface area contributed by atoms with Gasteiger partial charge in [-0.05, 0) is 49.1 Å². The average molecular weight is 337 g/mol. The predicted octanol–water partition coefficient (Wildman–Crippen LogP) is 2.41. The van der Waals surface area contributed by atoms with E-state index in [2.05, 4.69) is 21.3 Å². The first-order chi connectivity index (χ1) is 12.2. The number of pyridine rings is 1. The van der Waals surface area contributed by atoms with E-state index in [9.17, 15) is 4.79 Å². The molecule has 1 unspecified atom stereocenters. The van der Waals surface area contributed by atoms with Crippen molar-refractivity contribution in [1.82, 2.24) is 15.2 Å². The van der Waals surface area contributed by atoms with Crippen LogP contribution in [0.15, 0.2) is 42.6 Å². The van der Waals surface area contributed by atoms with Crippen LogP contribution in [-0.4, -0.2) is 41.5 Å². The normalized spacial score (nSPS) is 23.2. The first kappa shape index (κ1) is 16.1. The Morgan fingerprint density at radius 3 is 3.00 bits per heavy atom. The lowest BCUT2D eigenvalue weighted by molar-refractivity contribution is 0.0901. The van der Waals surface area contributed by atoms with E-state index in [0.717, 1.165) is 61.5 Å². The number of nitrogens with zero attached hydrogens (tertiary/aromatic N) is 2. The molecular weight excluding hydrogens is 314 g/mol. The minimum absolute atomic E-state index is 0.0195. The van der Waals surface area contributed by atoms with Crippen LogP contribution >= 0.6 is 0 Å². The van der Waals surface area contributed by atoms with Crippen molar-refractivity contribution < 1.29 is 9.53 Å². The Morgan fingerprint density at radius 1 is 1.28 bits per heavy atom. The van der Waals surface area contributed by atoms with Crippen LogP contribution in [-0.2, 0) is 13.0 Å². The number of fused-ring (bicyclic) bond motifs is 1. The molecule has 0 saturated carbocycles. The highest BCUT2D eigenvalue weighted by molar-refractivity contribution is 5.97. The molecule has 1 fully saturated rings. The summed E-state index contributed by atoms with van der Waals surface area (Å²) in [4.78, 5) is 19.6. The van der Waals surface area contributed by atoms with Crippen molar-refractivity contribution in [3.05, 3.63) is 59.4 Å². The summed E-state index contributed by atoms with van der Waals surface area (Å²) in [5.41, 5.74) is 2.79. The van der Waals surface area contributed by atoms with Crippen molar-refractivity contribution in [3.63, 3.8) is 0 Å². The highest BCUT2D eigenvalue weighted by atomic mass is 16.5. The van der Waals surface area contributed by atoms with E-state index in [0.29, 0.717) is 0 Å². The van der Waals surface area contributed by atoms with Crippen LogP contribution in [0.5, 0.6) is 5.75 Å². The van der Waals surface area contributed by atoms with Gasteiger partial charge >= 0.3 is 0 Å². The Kier molecular flexibility index (Phi) is 4.17. The van der Waals surface area contributed by atoms with Gasteiger partial charge in [0, 0.05) is 31.4 Å². The number of carbonyl (C=O) groups excluding carboxylic acids is 1. The largest absolute Gasteiger partial charge is 0.497 e. The fourth-order valence-electron chi connectivity index (χ4n) is 3.98. The lowest BCUT2D eigenvalue weighted by Gasteiger charge is -2.29. The molecule has 1 atom stereocenters. The third-order valence-corrected chi connectivity index (χ3v) is 5.36. The monoisotopic (exact) mass is 337 g/mol. The minimum atomic E-state index is -0.141. The van der Waals surface area contributed by atoms with Gasteiger partial charge in [0.2, 0.25) is 0 Å². The number of hydrogen-bond donors (Lipinski definition) is 1. The second-order valence-electron chi connectivity index (χ2n) is 7.04. The van der Waals surface area contributed by atoms with Crippen LogP contribution < -0.4 is 10.1 Å². The molecule has 3 heterocycles. The number of likely N-dealkylation sites (tertiary alicyclic amines) is 1. The van der Waals surface area contributed by atoms with Crippen LogP contribution in [0.1, 0.15) is 34.5 Å². The fourth-order valence-corrected chi connectivity index (χ4v) is 3.98. The maximum Gasteiger partial charge on any atom is 0.252 e. The van der Waals surface area contributed by atoms with Gasteiger partial charge in [0.15, 0.2) is 0 Å². The Morgan fingerprint density at radius 2 is 2.20 bits per heavy atom. The molecule has 1 amide bonds. The molecule has 1 spiro atoms. The number of carbonyl (C=O) groups is 1. The zero-order valence-corrected chi connectivity index (χ0v) is 14.5. The molecule has 2 aromatic rings. The summed E-state index contributed by atoms with van der Waals surface area (Å²) in [5, 5.41) is 3.32. The number of ether oxygens (including phenoxy) is 1. The van der Waals surface area contributed by atoms with Crippen LogP contribution in [0, 0.1) is 0 Å². The average Bonchev–Trinajstić information content (AvgIpc) is 2.96. The van der Waals surface area contributed by atoms with Crippen molar-refractivity contribution >= 4 is 5.91 Å². The van der Waals surface area contributed by atoms with Crippen molar-refractivity contribution in [2.24, 2.45) is 0 Å². The molecule has 1 aromatic carbocycles. The Bertz CT molecular complexity index is 778. The lowest BCUT2D eigenvalue weighted by atomic mass is 9.91. The van der Waals surface area contributed by atoms with Crippen molar-refractivity contribution in [2.75, 3.05) is 20.2 Å². The second kappa shape index (κ2) is 6.48. The molecule has 25 heavy (non-hydrogen) atoms. The van der Waals surface area contributed by atoms with Gasteiger partial charge in [-0.15, -0.1) is 0 Å². The zero-order valence-electron chi connectivity index (χ0n) is 14.5. The molecule has 0 aliphatic carbocycles. The van der Waals surface area contributed by atoms with Gasteiger partial charge in [0.05, 0.1) is 18.3 Å². The highest BCUT2D eigenvalue weighted by Gasteiger charge is 2.41. The van der Waals surface area contributed by atoms with Gasteiger partial charge in [-0.25, -0.2) is 0 Å². The quantitative estimate of drug-likeness (QED) is 0.934. The van der Waals surface area contributed by atoms with Crippen molar-refractivity contribution in [1.29, 1.82) is 0 Å². The Labute approximate surface area is 148 Å². The van der Waals surface area contributed by atoms with E-state index in [1.54, 1.807) is 7.11 Å². The number of rotatable bonds is 3. The number of hydrogen-bond acceptors (Lipinski definition) is 4. The summed E-state index contributed by atoms with van der Waals surface area (Å²) in [5.74, 6) is 0.749. The summed E-state index contributed by atoms with van der Waals surface area (Å²) in [7, 11) is 1.63. The predicted molar refractivity (Wildman–Crippen MR) is 95.6 cm³/mol. The Balaban J connectivity index is 1.50. The molecule has 5 heteroatoms. The van der Waals surface area contributed by atoms with Gasteiger partial charge in [-0.2, -0.15) is 0 Å². The molecule has 130 valence electrons. The molecule has 0 bridgehead atoms. The van der Waals surface area contributed by atoms with Crippen LogP contribution in [0.3, 0.4) is 0 Å². The van der Waals surface area contributed by atoms with Gasteiger partial charge in [-0.1, -0.05) is 12.1 Å². The van der Waals surface area contributed by atoms with E-state index in [1.807, 2.05) is 36.5 Å². The minimum Gasteiger partial charge on any atom is -0.497 e. The van der Waals surface area contributed by atoms with Crippen molar-refractivity contribution in [2.45, 2.75) is 31.3 Å². The van der Waals surface area contributed by atoms with E-state index >= 15 is 0 Å². The summed E-state index contributed by atoms with van der Waals surface area (Å²) >= 11 is 0. The van der Waals surface area contributed by atoms with Gasteiger partial charge in [-0.3, -0.25) is 14.7 Å². The van der Waals surface area contributed by atoms with Gasteiger partial charge in [0.25, 0.3) is 5.91 Å². The number of aromatic nitrogens is 1. The molecule has 5 nitrogen and oxygen atoms in total. The van der Waals surface area contributed by atoms with E-state index < -0.39 is 0 Å². The fraction of sp³-hybridized carbons (Fsp3) is 0.400. The third kappa shape index (κ3) is 3.24. The third-order valence-electron chi connectivity index (χ3n) is 5.36. The smallest absolute Gasteiger partial charge is 0.252 e. The number of aryl methyl sites for hydroxylation is 1. The van der Waals surface area contributed by atoms with Gasteiger partial charge < -0.3 is 10.1 Å². The first-order valence-corrected chi connectivity index (χ1v) is 8.79. The van der Waals surface area contributed by atoms with Crippen LogP contribution in [0.4, 0.5) is 0 Å². The first-order valence-electron chi connectivity index (χ1n) is 8.79. The highest BCUT2D eigenvalue weighted by Crippen LogP contribution is 2.32. The van der Waals surface area contributed by atoms with Gasteiger partial charge in [0.1, 0.15) is 5.75 Å². The van der Waals surface area contributed by atoms with Crippen molar-refractivity contribution in [3.8, 4) is 5.75 Å². The maximum atomic E-state index is 12.8. The van der Waals surface area contributed by atoms with E-state index in [4.69, 9.17) is 4.74 Å². The Hall–Kier alpha value is -2.40. The number of benzene rings is 1. The maximum absolute atomic E-state index is 12.8. The van der Waals surface area contributed by atoms with E-state index in [1.165, 1.54) is 0 Å². The van der Waals surface area contributed by atoms with Crippen LogP contribution in [0.2, 0.25) is 0 Å². The number of amides is 1. The zero-order chi connectivity index (χ0) is 17.3. The summed E-state index contributed by atoms with van der Waals surface area (Å²) in [6, 6.07) is 11.8. The summed E-state index contributed by atoms with van der Waals surface area (Å²) < 4.78 is 5.27. The molecule has 2 aliphatic heterocycles. The topological polar surface area (TPSA) is 54.5 Å². The van der Waals surface area contributed by atoms with E-state index in [-0.39, 0.29) is 11.4 Å². The molecule has 2 aliphatic rings. The van der Waals surface area contributed by atoms with Crippen LogP contribution in [0.25, 0.3) is 0 Å². The number of methoxy groups -OCH3 is 1. The summed E-state index contributed by atoms with van der Waals surface area (Å²) in [6.07, 6.45) is 4.70. The standard InChI is InChI=1S/C20H23N3O2/c1-25-17-6-5-15-7-8-20(22-19(24)18(15)12-17)9-11-23(14-20)13-16-4-2-3-10-21-16/h2-6,10,12H,7-9,11,13-14H2,1H3,(H,22,24). The number of nitrogens with one attached hydrogen (secondary N) is 1. The molecule has 1 saturated heterocycles. The molecule has 1 aromatic heterocycles. The molecular formula is C20H23N3O2. The summed E-state index contributed by atoms with van der Waals surface area (Å²) in [6.45, 7) is 2.69. The molecule has 4 rings (SSSR count). The lowest BCUT2D eigenvalue weighted by Crippen LogP contribution is -2.49. The molecule has 1 N–H and O–H groups in total. The second-order valence-corrected chi connectivity index (χ2v) is 7.04. The molecule has 0 radical (unpaired) electrons.